The molecule has 2 heterocycles. The van der Waals surface area contributed by atoms with Gasteiger partial charge in [-0.05, 0) is 30.3 Å². The number of carbonyl (C=O) groups excluding carboxylic acids is 1. The fourth-order valence-electron chi connectivity index (χ4n) is 2.48. The number of rotatable bonds is 2. The van der Waals surface area contributed by atoms with Crippen LogP contribution in [0.4, 0.5) is 5.69 Å². The molecule has 7 nitrogen and oxygen atoms in total. The van der Waals surface area contributed by atoms with E-state index in [1.54, 1.807) is 30.3 Å². The number of para-hydroxylation sites is 2. The fourth-order valence-corrected chi connectivity index (χ4v) is 2.48. The van der Waals surface area contributed by atoms with Crippen LogP contribution >= 0.6 is 0 Å². The zero-order valence-electron chi connectivity index (χ0n) is 12.0. The van der Waals surface area contributed by atoms with Gasteiger partial charge in [0.15, 0.2) is 11.5 Å². The van der Waals surface area contributed by atoms with E-state index < -0.39 is 6.10 Å². The number of imidazole rings is 1. The molecule has 3 N–H and O–H groups in total. The van der Waals surface area contributed by atoms with Crippen molar-refractivity contribution in [1.29, 1.82) is 0 Å². The monoisotopic (exact) mass is 311 g/mol. The summed E-state index contributed by atoms with van der Waals surface area (Å²) in [4.78, 5) is 28.9. The molecule has 3 aromatic rings. The molecular weight excluding hydrogens is 298 g/mol. The van der Waals surface area contributed by atoms with E-state index in [2.05, 4.69) is 15.3 Å². The molecule has 1 amide bonds. The molecule has 1 aliphatic heterocycles. The van der Waals surface area contributed by atoms with Gasteiger partial charge in [0, 0.05) is 5.69 Å². The number of hydrogen-bond acceptors (Lipinski definition) is 4. The minimum absolute atomic E-state index is 0.145. The Kier molecular flexibility index (Phi) is 3.04. The zero-order valence-corrected chi connectivity index (χ0v) is 12.0. The van der Waals surface area contributed by atoms with E-state index in [9.17, 15) is 9.59 Å². The van der Waals surface area contributed by atoms with Crippen molar-refractivity contribution >= 4 is 22.6 Å². The summed E-state index contributed by atoms with van der Waals surface area (Å²) in [6, 6.07) is 12.3. The lowest BCUT2D eigenvalue weighted by atomic mass is 10.2. The molecule has 1 atom stereocenters. The van der Waals surface area contributed by atoms with Crippen LogP contribution in [-0.2, 0) is 4.79 Å². The van der Waals surface area contributed by atoms with Gasteiger partial charge in [-0.1, -0.05) is 12.1 Å². The van der Waals surface area contributed by atoms with E-state index in [1.807, 2.05) is 12.1 Å². The fraction of sp³-hybridized carbons (Fsp3) is 0.125. The van der Waals surface area contributed by atoms with Gasteiger partial charge in [0.25, 0.3) is 5.91 Å². The molecule has 116 valence electrons. The third kappa shape index (κ3) is 2.52. The average Bonchev–Trinajstić information content (AvgIpc) is 2.93. The van der Waals surface area contributed by atoms with Crippen LogP contribution in [0.15, 0.2) is 47.3 Å². The largest absolute Gasteiger partial charge is 0.485 e. The van der Waals surface area contributed by atoms with E-state index in [0.29, 0.717) is 28.2 Å². The molecule has 0 bridgehead atoms. The van der Waals surface area contributed by atoms with E-state index in [-0.39, 0.29) is 18.2 Å². The number of aromatic amines is 2. The van der Waals surface area contributed by atoms with Crippen molar-refractivity contribution < 1.29 is 14.3 Å². The van der Waals surface area contributed by atoms with Crippen molar-refractivity contribution in [1.82, 2.24) is 9.97 Å². The molecule has 0 saturated carbocycles. The van der Waals surface area contributed by atoms with Crippen molar-refractivity contribution in [3.8, 4) is 11.5 Å². The van der Waals surface area contributed by atoms with Crippen LogP contribution in [0.2, 0.25) is 0 Å². The lowest BCUT2D eigenvalue weighted by Gasteiger charge is -2.25. The summed E-state index contributed by atoms with van der Waals surface area (Å²) in [6.07, 6.45) is -0.731. The molecule has 0 saturated heterocycles. The Balaban J connectivity index is 1.52. The number of nitrogens with one attached hydrogen (secondary N) is 3. The summed E-state index contributed by atoms with van der Waals surface area (Å²) < 4.78 is 11.2. The summed E-state index contributed by atoms with van der Waals surface area (Å²) in [6.45, 7) is 0.145. The Bertz CT molecular complexity index is 944. The van der Waals surface area contributed by atoms with Crippen LogP contribution in [0.5, 0.6) is 11.5 Å². The minimum atomic E-state index is -0.731. The highest BCUT2D eigenvalue weighted by molar-refractivity contribution is 5.96. The molecule has 4 rings (SSSR count). The van der Waals surface area contributed by atoms with Gasteiger partial charge in [-0.15, -0.1) is 0 Å². The second-order valence-electron chi connectivity index (χ2n) is 5.19. The highest BCUT2D eigenvalue weighted by Gasteiger charge is 2.27. The van der Waals surface area contributed by atoms with Crippen LogP contribution < -0.4 is 20.5 Å². The molecule has 1 aliphatic rings. The molecule has 0 aliphatic carbocycles. The van der Waals surface area contributed by atoms with Gasteiger partial charge in [-0.25, -0.2) is 4.79 Å². The number of fused-ring (bicyclic) bond motifs is 2. The highest BCUT2D eigenvalue weighted by atomic mass is 16.6. The number of benzene rings is 2. The average molecular weight is 311 g/mol. The second-order valence-corrected chi connectivity index (χ2v) is 5.19. The van der Waals surface area contributed by atoms with Crippen LogP contribution in [0.3, 0.4) is 0 Å². The molecule has 0 fully saturated rings. The topological polar surface area (TPSA) is 96.2 Å². The molecule has 23 heavy (non-hydrogen) atoms. The van der Waals surface area contributed by atoms with Gasteiger partial charge < -0.3 is 24.8 Å². The Morgan fingerprint density at radius 3 is 2.74 bits per heavy atom. The molecule has 0 spiro atoms. The van der Waals surface area contributed by atoms with E-state index in [1.165, 1.54) is 0 Å². The first-order chi connectivity index (χ1) is 11.2. The van der Waals surface area contributed by atoms with Crippen LogP contribution in [0.1, 0.15) is 0 Å². The predicted octanol–water partition coefficient (Wildman–Crippen LogP) is 1.63. The number of anilines is 1. The van der Waals surface area contributed by atoms with Gasteiger partial charge >= 0.3 is 5.69 Å². The maximum atomic E-state index is 12.3. The van der Waals surface area contributed by atoms with Crippen molar-refractivity contribution in [2.45, 2.75) is 6.10 Å². The van der Waals surface area contributed by atoms with Crippen molar-refractivity contribution in [2.75, 3.05) is 11.9 Å². The van der Waals surface area contributed by atoms with E-state index in [4.69, 9.17) is 9.47 Å². The lowest BCUT2D eigenvalue weighted by Crippen LogP contribution is -2.40. The normalized spacial score (nSPS) is 16.3. The summed E-state index contributed by atoms with van der Waals surface area (Å²) in [5.41, 5.74) is 1.59. The van der Waals surface area contributed by atoms with E-state index in [0.717, 1.165) is 0 Å². The third-order valence-electron chi connectivity index (χ3n) is 3.58. The highest BCUT2D eigenvalue weighted by Crippen LogP contribution is 2.31. The SMILES string of the molecule is O=C(Nc1ccc2[nH]c(=O)[nH]c2c1)[C@@H]1COc2ccccc2O1. The smallest absolute Gasteiger partial charge is 0.323 e. The first-order valence-electron chi connectivity index (χ1n) is 7.10. The van der Waals surface area contributed by atoms with Gasteiger partial charge in [-0.2, -0.15) is 0 Å². The predicted molar refractivity (Wildman–Crippen MR) is 83.9 cm³/mol. The van der Waals surface area contributed by atoms with Gasteiger partial charge in [-0.3, -0.25) is 4.79 Å². The van der Waals surface area contributed by atoms with Crippen molar-refractivity contribution in [2.24, 2.45) is 0 Å². The van der Waals surface area contributed by atoms with Crippen LogP contribution in [-0.4, -0.2) is 28.6 Å². The van der Waals surface area contributed by atoms with Gasteiger partial charge in [0.05, 0.1) is 11.0 Å². The van der Waals surface area contributed by atoms with Gasteiger partial charge in [0.2, 0.25) is 6.10 Å². The van der Waals surface area contributed by atoms with Gasteiger partial charge in [0.1, 0.15) is 6.61 Å². The maximum absolute atomic E-state index is 12.3. The number of H-pyrrole nitrogens is 2. The summed E-state index contributed by atoms with van der Waals surface area (Å²) in [5, 5.41) is 2.76. The quantitative estimate of drug-likeness (QED) is 0.670. The molecular formula is C16H13N3O4. The van der Waals surface area contributed by atoms with E-state index >= 15 is 0 Å². The second kappa shape index (κ2) is 5.20. The molecule has 1 aromatic heterocycles. The molecule has 2 aromatic carbocycles. The summed E-state index contributed by atoms with van der Waals surface area (Å²) in [5.74, 6) is 0.865. The number of amides is 1. The minimum Gasteiger partial charge on any atom is -0.485 e. The number of ether oxygens (including phenoxy) is 2. The Morgan fingerprint density at radius 2 is 1.87 bits per heavy atom. The number of carbonyl (C=O) groups is 1. The lowest BCUT2D eigenvalue weighted by molar-refractivity contribution is -0.125. The standard InChI is InChI=1S/C16H13N3O4/c20-15(14-8-22-12-3-1-2-4-13(12)23-14)17-9-5-6-10-11(7-9)19-16(21)18-10/h1-7,14H,8H2,(H,17,20)(H2,18,19,21)/t14-/m0/s1. The first-order valence-corrected chi connectivity index (χ1v) is 7.10. The Labute approximate surface area is 130 Å². The third-order valence-corrected chi connectivity index (χ3v) is 3.58. The molecule has 0 unspecified atom stereocenters. The van der Waals surface area contributed by atoms with Crippen molar-refractivity contribution in [3.05, 3.63) is 52.9 Å². The maximum Gasteiger partial charge on any atom is 0.323 e. The molecule has 7 heteroatoms. The van der Waals surface area contributed by atoms with Crippen molar-refractivity contribution in [3.63, 3.8) is 0 Å². The van der Waals surface area contributed by atoms with Crippen LogP contribution in [0, 0.1) is 0 Å². The zero-order chi connectivity index (χ0) is 15.8. The van der Waals surface area contributed by atoms with Crippen LogP contribution in [0.25, 0.3) is 11.0 Å². The summed E-state index contributed by atoms with van der Waals surface area (Å²) in [7, 11) is 0. The number of hydrogen-bond donors (Lipinski definition) is 3. The molecule has 0 radical (unpaired) electrons. The Hall–Kier alpha value is -3.22. The summed E-state index contributed by atoms with van der Waals surface area (Å²) >= 11 is 0. The first kappa shape index (κ1) is 13.4. The Morgan fingerprint density at radius 1 is 1.09 bits per heavy atom. The number of aromatic nitrogens is 2.